The molecule has 2 aromatic carbocycles. The lowest BCUT2D eigenvalue weighted by Gasteiger charge is -2.32. The highest BCUT2D eigenvalue weighted by Crippen LogP contribution is 2.54. The maximum absolute atomic E-state index is 11.1. The molecule has 0 saturated heterocycles. The monoisotopic (exact) mass is 390 g/mol. The van der Waals surface area contributed by atoms with Gasteiger partial charge in [-0.05, 0) is 75.6 Å². The van der Waals surface area contributed by atoms with E-state index in [1.807, 2.05) is 12.1 Å². The van der Waals surface area contributed by atoms with Crippen LogP contribution in [-0.4, -0.2) is 11.1 Å². The number of aryl methyl sites for hydroxylation is 1. The highest BCUT2D eigenvalue weighted by atomic mass is 16.4. The maximum Gasteiger partial charge on any atom is 0.335 e. The predicted octanol–water partition coefficient (Wildman–Crippen LogP) is 7.10. The van der Waals surface area contributed by atoms with Crippen molar-refractivity contribution < 1.29 is 9.90 Å². The van der Waals surface area contributed by atoms with Crippen LogP contribution in [0.15, 0.2) is 36.4 Å². The Labute approximate surface area is 175 Å². The number of hydrogen-bond donors (Lipinski definition) is 1. The van der Waals surface area contributed by atoms with E-state index >= 15 is 0 Å². The number of rotatable bonds is 5. The van der Waals surface area contributed by atoms with Gasteiger partial charge in [-0.1, -0.05) is 78.3 Å². The Kier molecular flexibility index (Phi) is 5.51. The van der Waals surface area contributed by atoms with Crippen LogP contribution < -0.4 is 0 Å². The molecule has 0 spiro atoms. The quantitative estimate of drug-likeness (QED) is 0.553. The summed E-state index contributed by atoms with van der Waals surface area (Å²) in [4.78, 5) is 11.1. The molecule has 2 nitrogen and oxygen atoms in total. The van der Waals surface area contributed by atoms with Crippen LogP contribution in [0.2, 0.25) is 0 Å². The number of carboxylic acid groups (broad SMARTS) is 1. The van der Waals surface area contributed by atoms with Gasteiger partial charge in [0, 0.05) is 0 Å². The summed E-state index contributed by atoms with van der Waals surface area (Å²) in [5.41, 5.74) is 8.61. The van der Waals surface area contributed by atoms with Gasteiger partial charge < -0.3 is 5.11 Å². The fourth-order valence-corrected chi connectivity index (χ4v) is 4.97. The van der Waals surface area contributed by atoms with Gasteiger partial charge in [-0.25, -0.2) is 4.79 Å². The first-order valence-electron chi connectivity index (χ1n) is 10.7. The highest BCUT2D eigenvalue weighted by Gasteiger charge is 2.48. The van der Waals surface area contributed by atoms with Crippen molar-refractivity contribution in [3.05, 3.63) is 69.8 Å². The summed E-state index contributed by atoms with van der Waals surface area (Å²) < 4.78 is 0. The van der Waals surface area contributed by atoms with Crippen molar-refractivity contribution in [2.24, 2.45) is 5.92 Å². The summed E-state index contributed by atoms with van der Waals surface area (Å²) in [6, 6.07) is 12.0. The molecule has 0 bridgehead atoms. The van der Waals surface area contributed by atoms with Crippen LogP contribution in [0.4, 0.5) is 0 Å². The molecule has 0 aliphatic heterocycles. The summed E-state index contributed by atoms with van der Waals surface area (Å²) in [6.45, 7) is 16.3. The number of aromatic carboxylic acids is 1. The standard InChI is InChI=1S/C27H34O2/c1-8-9-21-15-23-24(27(6,7)18(3)26(23,4)5)16-22(21)17(2)14-19-10-12-20(13-11-19)25(28)29/h10-16,18H,8-9H2,1-7H3,(H,28,29)/b17-14+. The van der Waals surface area contributed by atoms with E-state index in [-0.39, 0.29) is 10.8 Å². The number of carboxylic acids is 1. The van der Waals surface area contributed by atoms with E-state index in [1.165, 1.54) is 27.8 Å². The SMILES string of the molecule is CCCc1cc2c(cc1/C(C)=C/c1ccc(C(=O)O)cc1)C(C)(C)C(C)C2(C)C. The van der Waals surface area contributed by atoms with Gasteiger partial charge in [-0.15, -0.1) is 0 Å². The van der Waals surface area contributed by atoms with Crippen molar-refractivity contribution in [3.63, 3.8) is 0 Å². The normalized spacial score (nSPS) is 19.8. The average Bonchev–Trinajstić information content (AvgIpc) is 2.79. The zero-order valence-electron chi connectivity index (χ0n) is 18.9. The summed E-state index contributed by atoms with van der Waals surface area (Å²) in [5, 5.41) is 9.12. The van der Waals surface area contributed by atoms with Gasteiger partial charge in [0.2, 0.25) is 0 Å². The van der Waals surface area contributed by atoms with Crippen molar-refractivity contribution in [3.8, 4) is 0 Å². The van der Waals surface area contributed by atoms with Gasteiger partial charge in [0.15, 0.2) is 0 Å². The Morgan fingerprint density at radius 2 is 1.59 bits per heavy atom. The van der Waals surface area contributed by atoms with Gasteiger partial charge >= 0.3 is 5.97 Å². The van der Waals surface area contributed by atoms with Crippen molar-refractivity contribution in [2.45, 2.75) is 72.1 Å². The maximum atomic E-state index is 11.1. The summed E-state index contributed by atoms with van der Waals surface area (Å²) in [5.74, 6) is -0.317. The second-order valence-corrected chi connectivity index (χ2v) is 9.72. The second kappa shape index (κ2) is 7.48. The summed E-state index contributed by atoms with van der Waals surface area (Å²) >= 11 is 0. The van der Waals surface area contributed by atoms with Gasteiger partial charge in [0.25, 0.3) is 0 Å². The molecule has 0 aromatic heterocycles. The smallest absolute Gasteiger partial charge is 0.335 e. The van der Waals surface area contributed by atoms with Crippen molar-refractivity contribution in [1.29, 1.82) is 0 Å². The van der Waals surface area contributed by atoms with E-state index in [0.717, 1.165) is 18.4 Å². The predicted molar refractivity (Wildman–Crippen MR) is 123 cm³/mol. The van der Waals surface area contributed by atoms with Gasteiger partial charge in [-0.3, -0.25) is 0 Å². The Morgan fingerprint density at radius 1 is 1.03 bits per heavy atom. The molecule has 1 aliphatic carbocycles. The minimum atomic E-state index is -0.889. The Hall–Kier alpha value is -2.35. The molecule has 0 fully saturated rings. The molecule has 1 aliphatic rings. The number of carbonyl (C=O) groups is 1. The molecule has 0 amide bonds. The molecule has 2 aromatic rings. The molecular formula is C27H34O2. The van der Waals surface area contributed by atoms with Crippen molar-refractivity contribution >= 4 is 17.6 Å². The first-order valence-corrected chi connectivity index (χ1v) is 10.7. The van der Waals surface area contributed by atoms with Crippen LogP contribution in [0.25, 0.3) is 11.6 Å². The zero-order chi connectivity index (χ0) is 21.6. The third-order valence-corrected chi connectivity index (χ3v) is 7.28. The lowest BCUT2D eigenvalue weighted by atomic mass is 9.71. The molecule has 0 radical (unpaired) electrons. The Morgan fingerprint density at radius 3 is 2.10 bits per heavy atom. The number of allylic oxidation sites excluding steroid dienone is 1. The fourth-order valence-electron chi connectivity index (χ4n) is 4.97. The molecular weight excluding hydrogens is 356 g/mol. The fraction of sp³-hybridized carbons (Fsp3) is 0.444. The minimum Gasteiger partial charge on any atom is -0.478 e. The van der Waals surface area contributed by atoms with Gasteiger partial charge in [0.1, 0.15) is 0 Å². The Bertz CT molecular complexity index is 959. The minimum absolute atomic E-state index is 0.141. The lowest BCUT2D eigenvalue weighted by molar-refractivity contribution is 0.0697. The Balaban J connectivity index is 2.11. The van der Waals surface area contributed by atoms with Crippen LogP contribution in [0.5, 0.6) is 0 Å². The topological polar surface area (TPSA) is 37.3 Å². The second-order valence-electron chi connectivity index (χ2n) is 9.72. The van der Waals surface area contributed by atoms with E-state index in [0.29, 0.717) is 11.5 Å². The first kappa shape index (κ1) is 21.4. The molecule has 1 atom stereocenters. The van der Waals surface area contributed by atoms with Crippen molar-refractivity contribution in [1.82, 2.24) is 0 Å². The molecule has 0 saturated carbocycles. The molecule has 29 heavy (non-hydrogen) atoms. The lowest BCUT2D eigenvalue weighted by Crippen LogP contribution is -2.30. The molecule has 1 unspecified atom stereocenters. The summed E-state index contributed by atoms with van der Waals surface area (Å²) in [7, 11) is 0. The molecule has 3 rings (SSSR count). The average molecular weight is 391 g/mol. The molecule has 154 valence electrons. The third kappa shape index (κ3) is 3.66. The third-order valence-electron chi connectivity index (χ3n) is 7.28. The number of hydrogen-bond acceptors (Lipinski definition) is 1. The van der Waals surface area contributed by atoms with Crippen LogP contribution in [0.3, 0.4) is 0 Å². The molecule has 2 heteroatoms. The highest BCUT2D eigenvalue weighted by molar-refractivity contribution is 5.88. The number of fused-ring (bicyclic) bond motifs is 1. The largest absolute Gasteiger partial charge is 0.478 e. The van der Waals surface area contributed by atoms with E-state index in [4.69, 9.17) is 5.11 Å². The molecule has 0 heterocycles. The van der Waals surface area contributed by atoms with Gasteiger partial charge in [-0.2, -0.15) is 0 Å². The van der Waals surface area contributed by atoms with Gasteiger partial charge in [0.05, 0.1) is 5.56 Å². The number of benzene rings is 2. The van der Waals surface area contributed by atoms with E-state index in [1.54, 1.807) is 12.1 Å². The van der Waals surface area contributed by atoms with Crippen LogP contribution >= 0.6 is 0 Å². The van der Waals surface area contributed by atoms with Crippen molar-refractivity contribution in [2.75, 3.05) is 0 Å². The zero-order valence-corrected chi connectivity index (χ0v) is 18.9. The van der Waals surface area contributed by atoms with Crippen LogP contribution in [-0.2, 0) is 17.3 Å². The van der Waals surface area contributed by atoms with E-state index in [9.17, 15) is 4.79 Å². The molecule has 1 N–H and O–H groups in total. The van der Waals surface area contributed by atoms with Crippen LogP contribution in [0.1, 0.15) is 93.1 Å². The van der Waals surface area contributed by atoms with E-state index in [2.05, 4.69) is 66.7 Å². The van der Waals surface area contributed by atoms with Crippen LogP contribution in [0, 0.1) is 5.92 Å². The summed E-state index contributed by atoms with van der Waals surface area (Å²) in [6.07, 6.45) is 4.35. The first-order chi connectivity index (χ1) is 13.5. The van der Waals surface area contributed by atoms with E-state index < -0.39 is 5.97 Å².